The zero-order valence-corrected chi connectivity index (χ0v) is 11.1. The Balaban J connectivity index is 2.28. The molecule has 6 nitrogen and oxygen atoms in total. The van der Waals surface area contributed by atoms with Gasteiger partial charge in [0.15, 0.2) is 5.16 Å². The fourth-order valence-electron chi connectivity index (χ4n) is 1.52. The molecule has 0 bridgehead atoms. The normalized spacial score (nSPS) is 12.6. The molecule has 18 heavy (non-hydrogen) atoms. The van der Waals surface area contributed by atoms with Crippen LogP contribution in [0.2, 0.25) is 0 Å². The maximum Gasteiger partial charge on any atom is 0.343 e. The van der Waals surface area contributed by atoms with Gasteiger partial charge in [-0.2, -0.15) is 0 Å². The number of aromatic nitrogens is 4. The Morgan fingerprint density at radius 1 is 1.61 bits per heavy atom. The molecule has 0 aliphatic heterocycles. The molecule has 0 saturated carbocycles. The number of nitrogens with two attached hydrogens (primary N) is 1. The molecule has 2 heterocycles. The van der Waals surface area contributed by atoms with Gasteiger partial charge < -0.3 is 5.73 Å². The first-order chi connectivity index (χ1) is 8.61. The van der Waals surface area contributed by atoms with Gasteiger partial charge in [0.25, 0.3) is 0 Å². The fraction of sp³-hybridized carbons (Fsp3) is 0.364. The number of hydrogen-bond donors (Lipinski definition) is 2. The van der Waals surface area contributed by atoms with Crippen LogP contribution in [0.25, 0.3) is 0 Å². The monoisotopic (exact) mass is 265 g/mol. The molecule has 2 aromatic rings. The van der Waals surface area contributed by atoms with Crippen LogP contribution in [-0.4, -0.2) is 19.7 Å². The molecule has 0 unspecified atom stereocenters. The number of aromatic amines is 1. The van der Waals surface area contributed by atoms with Gasteiger partial charge in [0.2, 0.25) is 0 Å². The number of pyridine rings is 1. The molecule has 0 radical (unpaired) electrons. The van der Waals surface area contributed by atoms with Gasteiger partial charge in [0.1, 0.15) is 5.03 Å². The van der Waals surface area contributed by atoms with Crippen LogP contribution in [0, 0.1) is 0 Å². The second-order valence-corrected chi connectivity index (χ2v) is 4.86. The summed E-state index contributed by atoms with van der Waals surface area (Å²) >= 11 is 1.35. The first kappa shape index (κ1) is 12.8. The Morgan fingerprint density at radius 2 is 2.39 bits per heavy atom. The van der Waals surface area contributed by atoms with Gasteiger partial charge in [0, 0.05) is 18.8 Å². The van der Waals surface area contributed by atoms with Gasteiger partial charge in [-0.3, -0.25) is 4.57 Å². The number of nitrogens with zero attached hydrogens (tertiary/aromatic N) is 3. The molecule has 0 aromatic carbocycles. The van der Waals surface area contributed by atoms with Crippen LogP contribution in [0.1, 0.15) is 25.5 Å². The molecule has 2 rings (SSSR count). The highest BCUT2D eigenvalue weighted by Crippen LogP contribution is 2.24. The van der Waals surface area contributed by atoms with E-state index in [2.05, 4.69) is 15.2 Å². The van der Waals surface area contributed by atoms with Gasteiger partial charge in [-0.05, 0) is 43.3 Å². The van der Waals surface area contributed by atoms with E-state index in [1.165, 1.54) is 11.8 Å². The molecule has 2 aromatic heterocycles. The summed E-state index contributed by atoms with van der Waals surface area (Å²) in [4.78, 5) is 15.7. The van der Waals surface area contributed by atoms with Crippen LogP contribution in [0.4, 0.5) is 0 Å². The van der Waals surface area contributed by atoms with Crippen molar-refractivity contribution in [1.82, 2.24) is 19.7 Å². The van der Waals surface area contributed by atoms with E-state index in [-0.39, 0.29) is 11.7 Å². The second-order valence-electron chi connectivity index (χ2n) is 3.87. The highest BCUT2D eigenvalue weighted by molar-refractivity contribution is 7.99. The van der Waals surface area contributed by atoms with Crippen LogP contribution in [0.3, 0.4) is 0 Å². The highest BCUT2D eigenvalue weighted by Gasteiger charge is 2.10. The average molecular weight is 265 g/mol. The lowest BCUT2D eigenvalue weighted by molar-refractivity contribution is 0.660. The van der Waals surface area contributed by atoms with Crippen molar-refractivity contribution in [2.45, 2.75) is 36.6 Å². The van der Waals surface area contributed by atoms with Crippen LogP contribution in [-0.2, 0) is 6.54 Å². The predicted octanol–water partition coefficient (Wildman–Crippen LogP) is 1.16. The van der Waals surface area contributed by atoms with E-state index in [1.807, 2.05) is 26.0 Å². The van der Waals surface area contributed by atoms with Crippen molar-refractivity contribution in [3.8, 4) is 0 Å². The number of hydrogen-bond acceptors (Lipinski definition) is 5. The van der Waals surface area contributed by atoms with E-state index < -0.39 is 0 Å². The minimum atomic E-state index is -0.205. The maximum atomic E-state index is 11.4. The van der Waals surface area contributed by atoms with Gasteiger partial charge in [-0.1, -0.05) is 0 Å². The van der Waals surface area contributed by atoms with E-state index in [0.29, 0.717) is 11.7 Å². The van der Waals surface area contributed by atoms with Crippen molar-refractivity contribution < 1.29 is 0 Å². The summed E-state index contributed by atoms with van der Waals surface area (Å²) in [6, 6.07) is 3.75. The Morgan fingerprint density at radius 3 is 3.06 bits per heavy atom. The summed E-state index contributed by atoms with van der Waals surface area (Å²) in [5, 5.41) is 7.79. The van der Waals surface area contributed by atoms with E-state index in [0.717, 1.165) is 10.6 Å². The molecule has 0 saturated heterocycles. The lowest BCUT2D eigenvalue weighted by atomic mass is 10.1. The summed E-state index contributed by atoms with van der Waals surface area (Å²) in [6.45, 7) is 4.39. The van der Waals surface area contributed by atoms with E-state index in [1.54, 1.807) is 10.8 Å². The molecule has 7 heteroatoms. The summed E-state index contributed by atoms with van der Waals surface area (Å²) in [6.07, 6.45) is 1.71. The molecule has 0 fully saturated rings. The molecule has 3 N–H and O–H groups in total. The highest BCUT2D eigenvalue weighted by atomic mass is 32.2. The Kier molecular flexibility index (Phi) is 3.83. The quantitative estimate of drug-likeness (QED) is 0.865. The Bertz CT molecular complexity index is 589. The minimum absolute atomic E-state index is 0.0418. The number of H-pyrrole nitrogens is 1. The van der Waals surface area contributed by atoms with Crippen molar-refractivity contribution in [2.24, 2.45) is 5.73 Å². The van der Waals surface area contributed by atoms with Crippen LogP contribution in [0.5, 0.6) is 0 Å². The molecule has 0 spiro atoms. The van der Waals surface area contributed by atoms with Crippen molar-refractivity contribution in [3.05, 3.63) is 34.4 Å². The maximum absolute atomic E-state index is 11.4. The molecule has 0 amide bonds. The van der Waals surface area contributed by atoms with E-state index >= 15 is 0 Å². The van der Waals surface area contributed by atoms with E-state index in [4.69, 9.17) is 5.73 Å². The zero-order chi connectivity index (χ0) is 13.1. The van der Waals surface area contributed by atoms with Gasteiger partial charge in [-0.25, -0.2) is 14.9 Å². The smallest absolute Gasteiger partial charge is 0.324 e. The predicted molar refractivity (Wildman–Crippen MR) is 69.5 cm³/mol. The van der Waals surface area contributed by atoms with Crippen LogP contribution < -0.4 is 11.4 Å². The van der Waals surface area contributed by atoms with Crippen molar-refractivity contribution >= 4 is 11.8 Å². The van der Waals surface area contributed by atoms with Crippen LogP contribution in [0.15, 0.2) is 33.3 Å². The van der Waals surface area contributed by atoms with Crippen molar-refractivity contribution in [1.29, 1.82) is 0 Å². The number of rotatable bonds is 4. The molecular formula is C11H15N5OS. The molecule has 0 aliphatic rings. The number of nitrogens with one attached hydrogen (secondary N) is 1. The van der Waals surface area contributed by atoms with E-state index in [9.17, 15) is 4.79 Å². The first-order valence-electron chi connectivity index (χ1n) is 5.66. The first-order valence-corrected chi connectivity index (χ1v) is 6.48. The zero-order valence-electron chi connectivity index (χ0n) is 10.3. The molecule has 0 aliphatic carbocycles. The summed E-state index contributed by atoms with van der Waals surface area (Å²) < 4.78 is 1.56. The average Bonchev–Trinajstić information content (AvgIpc) is 2.70. The summed E-state index contributed by atoms with van der Waals surface area (Å²) in [5.41, 5.74) is 6.62. The third kappa shape index (κ3) is 2.62. The molecular weight excluding hydrogens is 250 g/mol. The standard InChI is InChI=1S/C11H15N5OS/c1-3-16-10(17)14-15-11(16)18-9-6-8(7(2)12)4-5-13-9/h4-7H,3,12H2,1-2H3,(H,14,17)/t7-/m1/s1. The lowest BCUT2D eigenvalue weighted by Crippen LogP contribution is -2.16. The lowest BCUT2D eigenvalue weighted by Gasteiger charge is -2.07. The molecule has 96 valence electrons. The Labute approximate surface area is 109 Å². The largest absolute Gasteiger partial charge is 0.343 e. The topological polar surface area (TPSA) is 89.6 Å². The third-order valence-electron chi connectivity index (χ3n) is 2.52. The van der Waals surface area contributed by atoms with Gasteiger partial charge in [-0.15, -0.1) is 5.10 Å². The van der Waals surface area contributed by atoms with Crippen molar-refractivity contribution in [2.75, 3.05) is 0 Å². The summed E-state index contributed by atoms with van der Waals surface area (Å²) in [5.74, 6) is 0. The summed E-state index contributed by atoms with van der Waals surface area (Å²) in [7, 11) is 0. The van der Waals surface area contributed by atoms with Gasteiger partial charge >= 0.3 is 5.69 Å². The van der Waals surface area contributed by atoms with Crippen LogP contribution >= 0.6 is 11.8 Å². The molecule has 1 atom stereocenters. The second kappa shape index (κ2) is 5.36. The third-order valence-corrected chi connectivity index (χ3v) is 3.45. The Hall–Kier alpha value is -1.60. The SMILES string of the molecule is CCn1c(Sc2cc([C@@H](C)N)ccn2)n[nH]c1=O. The van der Waals surface area contributed by atoms with Crippen molar-refractivity contribution in [3.63, 3.8) is 0 Å². The minimum Gasteiger partial charge on any atom is -0.324 e. The van der Waals surface area contributed by atoms with Gasteiger partial charge in [0.05, 0.1) is 0 Å². The fourth-order valence-corrected chi connectivity index (χ4v) is 2.43.